The van der Waals surface area contributed by atoms with Crippen molar-refractivity contribution in [2.75, 3.05) is 19.0 Å². The van der Waals surface area contributed by atoms with E-state index in [1.807, 2.05) is 18.2 Å². The zero-order valence-electron chi connectivity index (χ0n) is 17.2. The summed E-state index contributed by atoms with van der Waals surface area (Å²) in [5.41, 5.74) is 4.65. The Bertz CT molecular complexity index is 1120. The molecule has 2 aliphatic rings. The summed E-state index contributed by atoms with van der Waals surface area (Å²) in [5, 5.41) is 7.47. The third-order valence-electron chi connectivity index (χ3n) is 5.83. The van der Waals surface area contributed by atoms with Gasteiger partial charge in [-0.2, -0.15) is 0 Å². The monoisotopic (exact) mass is 433 g/mol. The molecule has 6 nitrogen and oxygen atoms in total. The lowest BCUT2D eigenvalue weighted by molar-refractivity contribution is 0.0600. The van der Waals surface area contributed by atoms with Gasteiger partial charge in [0.25, 0.3) is 5.91 Å². The van der Waals surface area contributed by atoms with E-state index < -0.39 is 0 Å². The summed E-state index contributed by atoms with van der Waals surface area (Å²) in [5.74, 6) is -0.412. The van der Waals surface area contributed by atoms with Gasteiger partial charge in [0.1, 0.15) is 11.2 Å². The summed E-state index contributed by atoms with van der Waals surface area (Å²) < 4.78 is 4.75. The summed E-state index contributed by atoms with van der Waals surface area (Å²) in [6, 6.07) is 17.6. The van der Waals surface area contributed by atoms with Crippen LogP contribution in [-0.4, -0.2) is 30.4 Å². The first-order chi connectivity index (χ1) is 15.1. The lowest BCUT2D eigenvalue weighted by atomic mass is 9.99. The van der Waals surface area contributed by atoms with Gasteiger partial charge in [-0.05, 0) is 35.2 Å². The Morgan fingerprint density at radius 3 is 2.65 bits per heavy atom. The van der Waals surface area contributed by atoms with E-state index >= 15 is 0 Å². The van der Waals surface area contributed by atoms with Gasteiger partial charge in [-0.1, -0.05) is 42.5 Å². The van der Waals surface area contributed by atoms with Crippen molar-refractivity contribution in [1.82, 2.24) is 10.2 Å². The smallest absolute Gasteiger partial charge is 0.337 e. The third kappa shape index (κ3) is 3.82. The number of anilines is 1. The minimum Gasteiger partial charge on any atom is -0.465 e. The maximum atomic E-state index is 13.0. The third-order valence-corrected chi connectivity index (χ3v) is 6.98. The fraction of sp³-hybridized carbons (Fsp3) is 0.250. The number of thiophene rings is 1. The van der Waals surface area contributed by atoms with E-state index in [4.69, 9.17) is 4.74 Å². The standard InChI is InChI=1S/C24H23N3O3S/c1-30-24(29)17-9-7-16(8-10-17)21-25-22(28)20-18-11-12-27(13-15-5-3-2-4-6-15)14-19(18)31-23(20)26-21/h2-10,21,26H,11-14H2,1H3,(H,25,28)/t21-/m1/s1. The summed E-state index contributed by atoms with van der Waals surface area (Å²) in [7, 11) is 1.36. The number of nitrogens with zero attached hydrogens (tertiary/aromatic N) is 1. The molecule has 5 rings (SSSR count). The number of fused-ring (bicyclic) bond motifs is 3. The molecule has 1 aromatic heterocycles. The molecule has 0 saturated carbocycles. The maximum Gasteiger partial charge on any atom is 0.337 e. The van der Waals surface area contributed by atoms with Crippen molar-refractivity contribution in [2.45, 2.75) is 25.7 Å². The van der Waals surface area contributed by atoms with Crippen molar-refractivity contribution in [3.05, 3.63) is 87.3 Å². The molecule has 0 saturated heterocycles. The lowest BCUT2D eigenvalue weighted by Crippen LogP contribution is -2.38. The highest BCUT2D eigenvalue weighted by Crippen LogP contribution is 2.41. The van der Waals surface area contributed by atoms with Crippen molar-refractivity contribution < 1.29 is 14.3 Å². The van der Waals surface area contributed by atoms with Crippen molar-refractivity contribution in [1.29, 1.82) is 0 Å². The van der Waals surface area contributed by atoms with Crippen LogP contribution in [0.5, 0.6) is 0 Å². The molecule has 158 valence electrons. The highest BCUT2D eigenvalue weighted by molar-refractivity contribution is 7.16. The van der Waals surface area contributed by atoms with E-state index in [1.165, 1.54) is 23.1 Å². The molecule has 0 spiro atoms. The van der Waals surface area contributed by atoms with Crippen LogP contribution in [-0.2, 0) is 24.2 Å². The molecule has 3 heterocycles. The predicted molar refractivity (Wildman–Crippen MR) is 120 cm³/mol. The van der Waals surface area contributed by atoms with Crippen molar-refractivity contribution in [3.8, 4) is 0 Å². The fourth-order valence-corrected chi connectivity index (χ4v) is 5.56. The predicted octanol–water partition coefficient (Wildman–Crippen LogP) is 3.95. The van der Waals surface area contributed by atoms with Gasteiger partial charge >= 0.3 is 5.97 Å². The van der Waals surface area contributed by atoms with Crippen LogP contribution < -0.4 is 10.6 Å². The van der Waals surface area contributed by atoms with Gasteiger partial charge in [-0.15, -0.1) is 11.3 Å². The highest BCUT2D eigenvalue weighted by Gasteiger charge is 2.33. The molecule has 0 aliphatic carbocycles. The molecule has 31 heavy (non-hydrogen) atoms. The Morgan fingerprint density at radius 2 is 1.90 bits per heavy atom. The number of carbonyl (C=O) groups excluding carboxylic acids is 2. The van der Waals surface area contributed by atoms with Gasteiger partial charge in [0.2, 0.25) is 0 Å². The van der Waals surface area contributed by atoms with Crippen LogP contribution in [0.3, 0.4) is 0 Å². The first-order valence-electron chi connectivity index (χ1n) is 10.3. The van der Waals surface area contributed by atoms with Gasteiger partial charge in [-0.3, -0.25) is 9.69 Å². The zero-order chi connectivity index (χ0) is 21.4. The van der Waals surface area contributed by atoms with Gasteiger partial charge < -0.3 is 15.4 Å². The number of ether oxygens (including phenoxy) is 1. The first-order valence-corrected chi connectivity index (χ1v) is 11.1. The molecule has 0 bridgehead atoms. The Hall–Kier alpha value is -3.16. The summed E-state index contributed by atoms with van der Waals surface area (Å²) in [4.78, 5) is 28.3. The molecule has 2 aliphatic heterocycles. The van der Waals surface area contributed by atoms with E-state index in [-0.39, 0.29) is 18.0 Å². The zero-order valence-corrected chi connectivity index (χ0v) is 18.0. The van der Waals surface area contributed by atoms with Crippen molar-refractivity contribution in [3.63, 3.8) is 0 Å². The topological polar surface area (TPSA) is 70.7 Å². The summed E-state index contributed by atoms with van der Waals surface area (Å²) >= 11 is 1.68. The molecule has 2 N–H and O–H groups in total. The molecular weight excluding hydrogens is 410 g/mol. The van der Waals surface area contributed by atoms with Gasteiger partial charge in [0, 0.05) is 24.5 Å². The number of benzene rings is 2. The molecule has 0 radical (unpaired) electrons. The maximum absolute atomic E-state index is 13.0. The quantitative estimate of drug-likeness (QED) is 0.610. The van der Waals surface area contributed by atoms with Crippen LogP contribution in [0.15, 0.2) is 54.6 Å². The van der Waals surface area contributed by atoms with Crippen LogP contribution in [0.1, 0.15) is 48.4 Å². The minimum atomic E-state index is -0.375. The van der Waals surface area contributed by atoms with Crippen LogP contribution in [0.2, 0.25) is 0 Å². The number of hydrogen-bond donors (Lipinski definition) is 2. The molecule has 7 heteroatoms. The van der Waals surface area contributed by atoms with Gasteiger partial charge in [-0.25, -0.2) is 4.79 Å². The van der Waals surface area contributed by atoms with E-state index in [2.05, 4.69) is 39.8 Å². The number of esters is 1. The normalized spacial score (nSPS) is 17.8. The van der Waals surface area contributed by atoms with E-state index in [9.17, 15) is 9.59 Å². The van der Waals surface area contributed by atoms with E-state index in [1.54, 1.807) is 23.5 Å². The first kappa shape index (κ1) is 19.8. The Morgan fingerprint density at radius 1 is 1.13 bits per heavy atom. The highest BCUT2D eigenvalue weighted by atomic mass is 32.1. The number of nitrogens with one attached hydrogen (secondary N) is 2. The molecule has 2 aromatic carbocycles. The summed E-state index contributed by atoms with van der Waals surface area (Å²) in [6.45, 7) is 2.71. The summed E-state index contributed by atoms with van der Waals surface area (Å²) in [6.07, 6.45) is 0.550. The van der Waals surface area contributed by atoms with E-state index in [0.29, 0.717) is 5.56 Å². The minimum absolute atomic E-state index is 0.0372. The van der Waals surface area contributed by atoms with Crippen molar-refractivity contribution in [2.24, 2.45) is 0 Å². The van der Waals surface area contributed by atoms with Crippen LogP contribution >= 0.6 is 11.3 Å². The van der Waals surface area contributed by atoms with Gasteiger partial charge in [0.15, 0.2) is 0 Å². The average Bonchev–Trinajstić information content (AvgIpc) is 3.17. The molecular formula is C24H23N3O3S. The fourth-order valence-electron chi connectivity index (χ4n) is 4.24. The molecule has 3 aromatic rings. The second-order valence-electron chi connectivity index (χ2n) is 7.82. The largest absolute Gasteiger partial charge is 0.465 e. The Balaban J connectivity index is 1.34. The van der Waals surface area contributed by atoms with E-state index in [0.717, 1.165) is 42.2 Å². The Kier molecular flexibility index (Phi) is 5.21. The number of carbonyl (C=O) groups is 2. The average molecular weight is 434 g/mol. The van der Waals surface area contributed by atoms with Crippen molar-refractivity contribution >= 4 is 28.2 Å². The van der Waals surface area contributed by atoms with Crippen LogP contribution in [0, 0.1) is 0 Å². The SMILES string of the molecule is COC(=O)c1ccc([C@@H]2NC(=O)c3c(sc4c3CCN(Cc3ccccc3)C4)N2)cc1. The van der Waals surface area contributed by atoms with Crippen LogP contribution in [0.4, 0.5) is 5.00 Å². The Labute approximate surface area is 184 Å². The molecule has 0 fully saturated rings. The van der Waals surface area contributed by atoms with Crippen LogP contribution in [0.25, 0.3) is 0 Å². The molecule has 1 amide bonds. The number of rotatable bonds is 4. The lowest BCUT2D eigenvalue weighted by Gasteiger charge is -2.28. The second-order valence-corrected chi connectivity index (χ2v) is 8.92. The molecule has 0 unspecified atom stereocenters. The number of hydrogen-bond acceptors (Lipinski definition) is 6. The number of amides is 1. The molecule has 1 atom stereocenters. The second kappa shape index (κ2) is 8.17. The number of methoxy groups -OCH3 is 1. The van der Waals surface area contributed by atoms with Gasteiger partial charge in [0.05, 0.1) is 18.2 Å².